The van der Waals surface area contributed by atoms with Gasteiger partial charge in [-0.15, -0.1) is 4.98 Å². The largest absolute Gasteiger partial charge is 0.387 e. The lowest BCUT2D eigenvalue weighted by Gasteiger charge is -2.00. The summed E-state index contributed by atoms with van der Waals surface area (Å²) in [6.45, 7) is 6.43. The molecule has 1 heterocycles. The average molecular weight is 195 g/mol. The second-order valence-electron chi connectivity index (χ2n) is 2.69. The standard InChI is InChI=1S/C8H9N3O3/c1-4(2)6(12)14-8-10-5(3)9-7(13)11-8/h1H2,2-3H3,(H,9,10,11,13). The van der Waals surface area contributed by atoms with E-state index < -0.39 is 11.7 Å². The van der Waals surface area contributed by atoms with Crippen LogP contribution in [0.2, 0.25) is 0 Å². The van der Waals surface area contributed by atoms with E-state index >= 15 is 0 Å². The number of ether oxygens (including phenoxy) is 1. The van der Waals surface area contributed by atoms with Crippen LogP contribution in [-0.2, 0) is 4.79 Å². The average Bonchev–Trinajstić information content (AvgIpc) is 2.01. The van der Waals surface area contributed by atoms with Gasteiger partial charge in [0.25, 0.3) is 0 Å². The highest BCUT2D eigenvalue weighted by Crippen LogP contribution is 2.00. The Labute approximate surface area is 79.7 Å². The number of carbonyl (C=O) groups excluding carboxylic acids is 1. The van der Waals surface area contributed by atoms with E-state index in [-0.39, 0.29) is 11.6 Å². The highest BCUT2D eigenvalue weighted by Gasteiger charge is 2.08. The topological polar surface area (TPSA) is 84.9 Å². The van der Waals surface area contributed by atoms with Gasteiger partial charge in [-0.25, -0.2) is 9.59 Å². The second kappa shape index (κ2) is 3.82. The van der Waals surface area contributed by atoms with Crippen LogP contribution in [0.5, 0.6) is 6.01 Å². The van der Waals surface area contributed by atoms with Gasteiger partial charge in [0.05, 0.1) is 0 Å². The monoisotopic (exact) mass is 195 g/mol. The fourth-order valence-corrected chi connectivity index (χ4v) is 0.682. The molecule has 14 heavy (non-hydrogen) atoms. The third-order valence-corrected chi connectivity index (χ3v) is 1.28. The minimum Gasteiger partial charge on any atom is -0.387 e. The number of esters is 1. The van der Waals surface area contributed by atoms with E-state index in [9.17, 15) is 9.59 Å². The van der Waals surface area contributed by atoms with Crippen LogP contribution in [0.15, 0.2) is 16.9 Å². The third-order valence-electron chi connectivity index (χ3n) is 1.28. The van der Waals surface area contributed by atoms with Crippen molar-refractivity contribution in [3.05, 3.63) is 28.5 Å². The van der Waals surface area contributed by atoms with Crippen molar-refractivity contribution in [2.75, 3.05) is 0 Å². The molecule has 1 aromatic rings. The van der Waals surface area contributed by atoms with Gasteiger partial charge in [-0.1, -0.05) is 6.58 Å². The first-order valence-electron chi connectivity index (χ1n) is 3.81. The van der Waals surface area contributed by atoms with Gasteiger partial charge in [0.2, 0.25) is 0 Å². The lowest BCUT2D eigenvalue weighted by Crippen LogP contribution is -2.18. The molecule has 0 radical (unpaired) electrons. The minimum absolute atomic E-state index is 0.214. The Balaban J connectivity index is 2.92. The number of aromatic nitrogens is 3. The molecule has 6 nitrogen and oxygen atoms in total. The Hall–Kier alpha value is -1.98. The summed E-state index contributed by atoms with van der Waals surface area (Å²) in [4.78, 5) is 31.2. The van der Waals surface area contributed by atoms with Crippen molar-refractivity contribution in [3.63, 3.8) is 0 Å². The van der Waals surface area contributed by atoms with E-state index in [1.807, 2.05) is 0 Å². The van der Waals surface area contributed by atoms with Crippen LogP contribution < -0.4 is 10.4 Å². The van der Waals surface area contributed by atoms with Crippen LogP contribution in [0.1, 0.15) is 12.7 Å². The van der Waals surface area contributed by atoms with Crippen molar-refractivity contribution < 1.29 is 9.53 Å². The molecule has 0 fully saturated rings. The van der Waals surface area contributed by atoms with Crippen LogP contribution in [0.25, 0.3) is 0 Å². The van der Waals surface area contributed by atoms with E-state index in [1.54, 1.807) is 6.92 Å². The molecule has 0 amide bonds. The fraction of sp³-hybridized carbons (Fsp3) is 0.250. The zero-order valence-corrected chi connectivity index (χ0v) is 7.83. The highest BCUT2D eigenvalue weighted by atomic mass is 16.5. The van der Waals surface area contributed by atoms with E-state index in [0.29, 0.717) is 5.82 Å². The van der Waals surface area contributed by atoms with Crippen LogP contribution in [0, 0.1) is 6.92 Å². The Bertz CT molecular complexity index is 436. The van der Waals surface area contributed by atoms with E-state index in [0.717, 1.165) is 0 Å². The van der Waals surface area contributed by atoms with E-state index in [4.69, 9.17) is 0 Å². The van der Waals surface area contributed by atoms with Crippen molar-refractivity contribution >= 4 is 5.97 Å². The number of aromatic amines is 1. The molecule has 0 bridgehead atoms. The van der Waals surface area contributed by atoms with Crippen LogP contribution in [-0.4, -0.2) is 20.9 Å². The Morgan fingerprint density at radius 1 is 1.50 bits per heavy atom. The summed E-state index contributed by atoms with van der Waals surface area (Å²) >= 11 is 0. The van der Waals surface area contributed by atoms with Crippen molar-refractivity contribution in [3.8, 4) is 6.01 Å². The number of nitrogens with one attached hydrogen (secondary N) is 1. The fourth-order valence-electron chi connectivity index (χ4n) is 0.682. The lowest BCUT2D eigenvalue weighted by atomic mass is 10.4. The third kappa shape index (κ3) is 2.51. The van der Waals surface area contributed by atoms with Gasteiger partial charge >= 0.3 is 17.7 Å². The van der Waals surface area contributed by atoms with Gasteiger partial charge in [0.1, 0.15) is 5.82 Å². The lowest BCUT2D eigenvalue weighted by molar-refractivity contribution is -0.130. The number of carbonyl (C=O) groups is 1. The summed E-state index contributed by atoms with van der Waals surface area (Å²) < 4.78 is 4.66. The van der Waals surface area contributed by atoms with Gasteiger partial charge < -0.3 is 4.74 Å². The molecule has 0 saturated carbocycles. The molecule has 1 rings (SSSR count). The summed E-state index contributed by atoms with van der Waals surface area (Å²) in [5.74, 6) is -0.329. The van der Waals surface area contributed by atoms with Crippen LogP contribution in [0.3, 0.4) is 0 Å². The van der Waals surface area contributed by atoms with Gasteiger partial charge in [-0.3, -0.25) is 4.98 Å². The maximum Gasteiger partial charge on any atom is 0.350 e. The van der Waals surface area contributed by atoms with Gasteiger partial charge in [-0.05, 0) is 13.8 Å². The number of hydrogen-bond acceptors (Lipinski definition) is 5. The second-order valence-corrected chi connectivity index (χ2v) is 2.69. The molecule has 0 aliphatic heterocycles. The van der Waals surface area contributed by atoms with Gasteiger partial charge in [0, 0.05) is 5.57 Å². The molecule has 0 saturated heterocycles. The van der Waals surface area contributed by atoms with E-state index in [2.05, 4.69) is 26.3 Å². The first-order chi connectivity index (χ1) is 6.49. The minimum atomic E-state index is -0.657. The molecule has 6 heteroatoms. The predicted octanol–water partition coefficient (Wildman–Crippen LogP) is -0.0452. The van der Waals surface area contributed by atoms with Gasteiger partial charge in [-0.2, -0.15) is 4.98 Å². The number of nitrogens with zero attached hydrogens (tertiary/aromatic N) is 2. The SMILES string of the molecule is C=C(C)C(=O)Oc1nc(C)[nH]c(=O)n1. The number of H-pyrrole nitrogens is 1. The summed E-state index contributed by atoms with van der Waals surface area (Å²) in [5, 5.41) is 0. The normalized spacial score (nSPS) is 9.57. The van der Waals surface area contributed by atoms with Crippen molar-refractivity contribution in [2.45, 2.75) is 13.8 Å². The molecular weight excluding hydrogens is 186 g/mol. The molecular formula is C8H9N3O3. The first-order valence-corrected chi connectivity index (χ1v) is 3.81. The van der Waals surface area contributed by atoms with Crippen molar-refractivity contribution in [1.29, 1.82) is 0 Å². The summed E-state index contributed by atoms with van der Waals surface area (Å²) in [6, 6.07) is -0.265. The van der Waals surface area contributed by atoms with Gasteiger partial charge in [0.15, 0.2) is 0 Å². The van der Waals surface area contributed by atoms with Crippen LogP contribution in [0.4, 0.5) is 0 Å². The molecule has 0 aromatic carbocycles. The quantitative estimate of drug-likeness (QED) is 0.528. The zero-order chi connectivity index (χ0) is 10.7. The molecule has 1 aromatic heterocycles. The van der Waals surface area contributed by atoms with E-state index in [1.165, 1.54) is 6.92 Å². The van der Waals surface area contributed by atoms with Crippen molar-refractivity contribution in [2.24, 2.45) is 0 Å². The molecule has 0 unspecified atom stereocenters. The Morgan fingerprint density at radius 3 is 2.64 bits per heavy atom. The maximum atomic E-state index is 11.0. The predicted molar refractivity (Wildman–Crippen MR) is 47.8 cm³/mol. The molecule has 0 aliphatic rings. The number of aryl methyl sites for hydroxylation is 1. The summed E-state index contributed by atoms with van der Waals surface area (Å²) in [5.41, 5.74) is -0.395. The molecule has 74 valence electrons. The highest BCUT2D eigenvalue weighted by molar-refractivity contribution is 5.88. The number of hydrogen-bond donors (Lipinski definition) is 1. The smallest absolute Gasteiger partial charge is 0.350 e. The summed E-state index contributed by atoms with van der Waals surface area (Å²) in [7, 11) is 0. The molecule has 0 atom stereocenters. The molecule has 0 spiro atoms. The number of rotatable bonds is 2. The van der Waals surface area contributed by atoms with Crippen LogP contribution >= 0.6 is 0 Å². The molecule has 1 N–H and O–H groups in total. The summed E-state index contributed by atoms with van der Waals surface area (Å²) in [6.07, 6.45) is 0. The molecule has 0 aliphatic carbocycles. The maximum absolute atomic E-state index is 11.0. The van der Waals surface area contributed by atoms with Crippen molar-refractivity contribution in [1.82, 2.24) is 15.0 Å². The first kappa shape index (κ1) is 10.1. The Kier molecular flexibility index (Phi) is 2.76. The Morgan fingerprint density at radius 2 is 2.14 bits per heavy atom. The zero-order valence-electron chi connectivity index (χ0n) is 7.83.